The van der Waals surface area contributed by atoms with Gasteiger partial charge in [0.2, 0.25) is 0 Å². The Bertz CT molecular complexity index is 570. The minimum Gasteiger partial charge on any atom is -0.309 e. The van der Waals surface area contributed by atoms with Gasteiger partial charge in [0.05, 0.1) is 5.69 Å². The average molecular weight is 304 g/mol. The molecule has 0 saturated heterocycles. The smallest absolute Gasteiger partial charge is 0.309 e. The lowest BCUT2D eigenvalue weighted by atomic mass is 10.2. The van der Waals surface area contributed by atoms with Crippen molar-refractivity contribution < 1.29 is 4.79 Å². The van der Waals surface area contributed by atoms with Crippen LogP contribution in [0.15, 0.2) is 35.7 Å². The third-order valence-corrected chi connectivity index (χ3v) is 3.69. The van der Waals surface area contributed by atoms with Crippen LogP contribution in [-0.4, -0.2) is 17.6 Å². The number of anilines is 2. The number of carbonyl (C=O) groups excluding carboxylic acids is 1. The lowest BCUT2D eigenvalue weighted by Gasteiger charge is -2.09. The molecular weight excluding hydrogens is 284 g/mol. The van der Waals surface area contributed by atoms with Crippen LogP contribution in [0.3, 0.4) is 0 Å². The standard InChI is InChI=1S/C15H20N4OS/c1-3-9-16-11(2)13-10-21-15(18-13)19-14(20)17-12-7-5-4-6-8-12/h4-8,10-11,16H,3,9H2,1-2H3,(H2,17,18,19,20). The lowest BCUT2D eigenvalue weighted by molar-refractivity contribution is 0.262. The maximum Gasteiger partial charge on any atom is 0.325 e. The first-order chi connectivity index (χ1) is 10.2. The van der Waals surface area contributed by atoms with Crippen molar-refractivity contribution in [3.8, 4) is 0 Å². The Kier molecular flexibility index (Phi) is 5.71. The maximum atomic E-state index is 11.9. The fraction of sp³-hybridized carbons (Fsp3) is 0.333. The number of benzene rings is 1. The van der Waals surface area contributed by atoms with E-state index in [9.17, 15) is 4.79 Å². The highest BCUT2D eigenvalue weighted by Gasteiger charge is 2.11. The molecule has 0 bridgehead atoms. The van der Waals surface area contributed by atoms with Crippen LogP contribution in [0.2, 0.25) is 0 Å². The SMILES string of the molecule is CCCNC(C)c1csc(NC(=O)Nc2ccccc2)n1. The Labute approximate surface area is 128 Å². The average Bonchev–Trinajstić information content (AvgIpc) is 2.94. The van der Waals surface area contributed by atoms with E-state index in [4.69, 9.17) is 0 Å². The largest absolute Gasteiger partial charge is 0.325 e. The number of nitrogens with zero attached hydrogens (tertiary/aromatic N) is 1. The summed E-state index contributed by atoms with van der Waals surface area (Å²) in [4.78, 5) is 16.3. The zero-order chi connectivity index (χ0) is 15.1. The summed E-state index contributed by atoms with van der Waals surface area (Å²) in [5.41, 5.74) is 1.70. The molecule has 21 heavy (non-hydrogen) atoms. The molecule has 1 unspecified atom stereocenters. The predicted octanol–water partition coefficient (Wildman–Crippen LogP) is 3.85. The summed E-state index contributed by atoms with van der Waals surface area (Å²) in [5.74, 6) is 0. The van der Waals surface area contributed by atoms with Gasteiger partial charge in [-0.25, -0.2) is 9.78 Å². The zero-order valence-electron chi connectivity index (χ0n) is 12.2. The summed E-state index contributed by atoms with van der Waals surface area (Å²) in [6.45, 7) is 5.15. The number of amides is 2. The van der Waals surface area contributed by atoms with Gasteiger partial charge in [0, 0.05) is 17.1 Å². The van der Waals surface area contributed by atoms with Gasteiger partial charge in [-0.1, -0.05) is 25.1 Å². The van der Waals surface area contributed by atoms with E-state index in [0.29, 0.717) is 5.13 Å². The van der Waals surface area contributed by atoms with Crippen molar-refractivity contribution in [1.82, 2.24) is 10.3 Å². The van der Waals surface area contributed by atoms with E-state index in [1.165, 1.54) is 11.3 Å². The minimum atomic E-state index is -0.281. The van der Waals surface area contributed by atoms with Crippen molar-refractivity contribution in [2.45, 2.75) is 26.3 Å². The minimum absolute atomic E-state index is 0.189. The number of hydrogen-bond acceptors (Lipinski definition) is 4. The van der Waals surface area contributed by atoms with E-state index >= 15 is 0 Å². The summed E-state index contributed by atoms with van der Waals surface area (Å²) in [6.07, 6.45) is 1.08. The highest BCUT2D eigenvalue weighted by atomic mass is 32.1. The third-order valence-electron chi connectivity index (χ3n) is 2.92. The number of rotatable bonds is 6. The normalized spacial score (nSPS) is 11.9. The van der Waals surface area contributed by atoms with E-state index in [1.54, 1.807) is 0 Å². The Morgan fingerprint density at radius 3 is 2.76 bits per heavy atom. The monoisotopic (exact) mass is 304 g/mol. The van der Waals surface area contributed by atoms with Gasteiger partial charge < -0.3 is 10.6 Å². The molecule has 1 heterocycles. The molecule has 0 aliphatic heterocycles. The molecule has 2 aromatic rings. The summed E-state index contributed by atoms with van der Waals surface area (Å²) < 4.78 is 0. The van der Waals surface area contributed by atoms with Crippen molar-refractivity contribution in [2.24, 2.45) is 0 Å². The molecule has 0 saturated carbocycles. The van der Waals surface area contributed by atoms with Crippen LogP contribution in [0.1, 0.15) is 32.0 Å². The van der Waals surface area contributed by atoms with Crippen molar-refractivity contribution >= 4 is 28.2 Å². The first-order valence-electron chi connectivity index (χ1n) is 7.01. The molecule has 0 spiro atoms. The number of aromatic nitrogens is 1. The van der Waals surface area contributed by atoms with Gasteiger partial charge in [-0.3, -0.25) is 5.32 Å². The second-order valence-corrected chi connectivity index (χ2v) is 5.56. The van der Waals surface area contributed by atoms with Crippen molar-refractivity contribution in [3.05, 3.63) is 41.4 Å². The number of carbonyl (C=O) groups is 1. The molecule has 112 valence electrons. The highest BCUT2D eigenvalue weighted by Crippen LogP contribution is 2.20. The number of thiazole rings is 1. The third kappa shape index (κ3) is 4.84. The van der Waals surface area contributed by atoms with Gasteiger partial charge in [0.15, 0.2) is 5.13 Å². The highest BCUT2D eigenvalue weighted by molar-refractivity contribution is 7.13. The van der Waals surface area contributed by atoms with E-state index < -0.39 is 0 Å². The number of nitrogens with one attached hydrogen (secondary N) is 3. The summed E-state index contributed by atoms with van der Waals surface area (Å²) in [7, 11) is 0. The number of hydrogen-bond donors (Lipinski definition) is 3. The first-order valence-corrected chi connectivity index (χ1v) is 7.89. The maximum absolute atomic E-state index is 11.9. The van der Waals surface area contributed by atoms with Crippen molar-refractivity contribution in [2.75, 3.05) is 17.2 Å². The zero-order valence-corrected chi connectivity index (χ0v) is 13.0. The molecule has 2 rings (SSSR count). The lowest BCUT2D eigenvalue weighted by Crippen LogP contribution is -2.21. The molecule has 1 aromatic heterocycles. The molecule has 2 amide bonds. The van der Waals surface area contributed by atoms with E-state index in [0.717, 1.165) is 24.3 Å². The van der Waals surface area contributed by atoms with Crippen LogP contribution in [0.25, 0.3) is 0 Å². The van der Waals surface area contributed by atoms with Gasteiger partial charge in [-0.15, -0.1) is 11.3 Å². The Balaban J connectivity index is 1.88. The predicted molar refractivity (Wildman–Crippen MR) is 87.9 cm³/mol. The molecule has 0 aliphatic rings. The second kappa shape index (κ2) is 7.75. The number of urea groups is 1. The van der Waals surface area contributed by atoms with Gasteiger partial charge in [0.25, 0.3) is 0 Å². The summed E-state index contributed by atoms with van der Waals surface area (Å²) in [6, 6.07) is 9.23. The van der Waals surface area contributed by atoms with Crippen LogP contribution < -0.4 is 16.0 Å². The van der Waals surface area contributed by atoms with Crippen molar-refractivity contribution in [1.29, 1.82) is 0 Å². The van der Waals surface area contributed by atoms with Gasteiger partial charge >= 0.3 is 6.03 Å². The van der Waals surface area contributed by atoms with E-state index in [-0.39, 0.29) is 12.1 Å². The molecule has 1 atom stereocenters. The molecule has 0 fully saturated rings. The van der Waals surface area contributed by atoms with Crippen LogP contribution in [0, 0.1) is 0 Å². The fourth-order valence-corrected chi connectivity index (χ4v) is 2.59. The molecule has 3 N–H and O–H groups in total. The number of para-hydroxylation sites is 1. The molecule has 0 aliphatic carbocycles. The fourth-order valence-electron chi connectivity index (χ4n) is 1.79. The quantitative estimate of drug-likeness (QED) is 0.759. The first kappa shape index (κ1) is 15.5. The molecular formula is C15H20N4OS. The molecule has 5 nitrogen and oxygen atoms in total. The molecule has 0 radical (unpaired) electrons. The van der Waals surface area contributed by atoms with Gasteiger partial charge in [-0.2, -0.15) is 0 Å². The second-order valence-electron chi connectivity index (χ2n) is 4.70. The van der Waals surface area contributed by atoms with Crippen molar-refractivity contribution in [3.63, 3.8) is 0 Å². The van der Waals surface area contributed by atoms with Crippen LogP contribution >= 0.6 is 11.3 Å². The Hall–Kier alpha value is -1.92. The topological polar surface area (TPSA) is 66.0 Å². The summed E-state index contributed by atoms with van der Waals surface area (Å²) in [5, 5.41) is 11.5. The summed E-state index contributed by atoms with van der Waals surface area (Å²) >= 11 is 1.43. The molecule has 1 aromatic carbocycles. The van der Waals surface area contributed by atoms with Crippen LogP contribution in [-0.2, 0) is 0 Å². The van der Waals surface area contributed by atoms with E-state index in [2.05, 4.69) is 34.8 Å². The Morgan fingerprint density at radius 2 is 2.05 bits per heavy atom. The molecule has 6 heteroatoms. The Morgan fingerprint density at radius 1 is 1.29 bits per heavy atom. The van der Waals surface area contributed by atoms with Crippen LogP contribution in [0.5, 0.6) is 0 Å². The van der Waals surface area contributed by atoms with Gasteiger partial charge in [-0.05, 0) is 32.0 Å². The van der Waals surface area contributed by atoms with Gasteiger partial charge in [0.1, 0.15) is 0 Å². The van der Waals surface area contributed by atoms with E-state index in [1.807, 2.05) is 35.7 Å². The van der Waals surface area contributed by atoms with Crippen LogP contribution in [0.4, 0.5) is 15.6 Å².